The van der Waals surface area contributed by atoms with Crippen molar-refractivity contribution in [1.29, 1.82) is 0 Å². The molecule has 4 heteroatoms. The maximum atomic E-state index is 10.0. The lowest BCUT2D eigenvalue weighted by Crippen LogP contribution is -2.00. The molecule has 0 saturated heterocycles. The van der Waals surface area contributed by atoms with Gasteiger partial charge in [0.2, 0.25) is 0 Å². The van der Waals surface area contributed by atoms with Gasteiger partial charge in [0, 0.05) is 0 Å². The van der Waals surface area contributed by atoms with Gasteiger partial charge >= 0.3 is 0 Å². The fourth-order valence-electron chi connectivity index (χ4n) is 1.53. The molecule has 2 aromatic rings. The zero-order valence-electron chi connectivity index (χ0n) is 9.29. The van der Waals surface area contributed by atoms with Crippen LogP contribution in [0.25, 0.3) is 0 Å². The van der Waals surface area contributed by atoms with Gasteiger partial charge in [0.25, 0.3) is 0 Å². The summed E-state index contributed by atoms with van der Waals surface area (Å²) < 4.78 is 7.92. The van der Waals surface area contributed by atoms with E-state index in [2.05, 4.69) is 22.6 Å². The molecule has 0 spiro atoms. The van der Waals surface area contributed by atoms with Gasteiger partial charge in [-0.15, -0.1) is 0 Å². The lowest BCUT2D eigenvalue weighted by atomic mass is 9.99. The van der Waals surface area contributed by atoms with E-state index in [4.69, 9.17) is 0 Å². The first-order valence-corrected chi connectivity index (χ1v) is 5.97. The van der Waals surface area contributed by atoms with Crippen molar-refractivity contribution in [3.05, 3.63) is 47.3 Å². The highest BCUT2D eigenvalue weighted by Crippen LogP contribution is 2.22. The van der Waals surface area contributed by atoms with Crippen LogP contribution < -0.4 is 0 Å². The summed E-state index contributed by atoms with van der Waals surface area (Å²) in [5.74, 6) is 0.507. The highest BCUT2D eigenvalue weighted by atomic mass is 32.1. The van der Waals surface area contributed by atoms with E-state index in [-0.39, 0.29) is 0 Å². The Morgan fingerprint density at radius 3 is 2.25 bits per heavy atom. The van der Waals surface area contributed by atoms with Crippen LogP contribution in [0.3, 0.4) is 0 Å². The minimum atomic E-state index is -0.667. The number of aliphatic hydroxyl groups excluding tert-OH is 1. The summed E-state index contributed by atoms with van der Waals surface area (Å²) in [6.07, 6.45) is 0.936. The van der Waals surface area contributed by atoms with Crippen LogP contribution >= 0.6 is 11.7 Å². The highest BCUT2D eigenvalue weighted by molar-refractivity contribution is 6.99. The number of rotatable bonds is 3. The van der Waals surface area contributed by atoms with Gasteiger partial charge in [-0.1, -0.05) is 38.1 Å². The number of hydrogen-bond donors (Lipinski definition) is 1. The molecule has 2 rings (SSSR count). The van der Waals surface area contributed by atoms with Crippen molar-refractivity contribution in [3.8, 4) is 0 Å². The van der Waals surface area contributed by atoms with E-state index >= 15 is 0 Å². The third-order valence-electron chi connectivity index (χ3n) is 2.58. The molecule has 1 heterocycles. The lowest BCUT2D eigenvalue weighted by Gasteiger charge is -2.10. The zero-order chi connectivity index (χ0) is 11.5. The van der Waals surface area contributed by atoms with Crippen LogP contribution in [0.15, 0.2) is 30.5 Å². The van der Waals surface area contributed by atoms with Crippen LogP contribution in [0.2, 0.25) is 0 Å². The minimum absolute atomic E-state index is 0.507. The van der Waals surface area contributed by atoms with Crippen LogP contribution in [0, 0.1) is 0 Å². The van der Waals surface area contributed by atoms with Gasteiger partial charge in [-0.2, -0.15) is 8.75 Å². The molecule has 0 aliphatic carbocycles. The summed E-state index contributed by atoms with van der Waals surface area (Å²) in [7, 11) is 0. The standard InChI is InChI=1S/C12H14N2OS/c1-8(2)9-3-5-10(6-4-9)12(15)11-7-13-16-14-11/h3-8,12,15H,1-2H3. The Balaban J connectivity index is 2.22. The maximum Gasteiger partial charge on any atom is 0.124 e. The SMILES string of the molecule is CC(C)c1ccc(C(O)c2cnsn2)cc1. The number of nitrogens with zero attached hydrogens (tertiary/aromatic N) is 2. The van der Waals surface area contributed by atoms with E-state index in [1.54, 1.807) is 6.20 Å². The van der Waals surface area contributed by atoms with E-state index in [1.165, 1.54) is 5.56 Å². The number of aromatic nitrogens is 2. The predicted molar refractivity (Wildman–Crippen MR) is 64.5 cm³/mol. The topological polar surface area (TPSA) is 46.0 Å². The van der Waals surface area contributed by atoms with Gasteiger partial charge in [-0.05, 0) is 17.0 Å². The fourth-order valence-corrected chi connectivity index (χ4v) is 1.97. The molecule has 0 aliphatic heterocycles. The molecule has 0 aliphatic rings. The molecule has 1 aromatic heterocycles. The normalized spacial score (nSPS) is 13.0. The molecule has 16 heavy (non-hydrogen) atoms. The molecule has 1 unspecified atom stereocenters. The summed E-state index contributed by atoms with van der Waals surface area (Å²) in [5, 5.41) is 10.0. The number of benzene rings is 1. The summed E-state index contributed by atoms with van der Waals surface area (Å²) in [6.45, 7) is 4.30. The van der Waals surface area contributed by atoms with Crippen molar-refractivity contribution >= 4 is 11.7 Å². The highest BCUT2D eigenvalue weighted by Gasteiger charge is 2.13. The molecule has 1 N–H and O–H groups in total. The molecule has 1 atom stereocenters. The lowest BCUT2D eigenvalue weighted by molar-refractivity contribution is 0.216. The smallest absolute Gasteiger partial charge is 0.124 e. The largest absolute Gasteiger partial charge is 0.382 e. The van der Waals surface area contributed by atoms with Gasteiger partial charge in [0.15, 0.2) is 0 Å². The summed E-state index contributed by atoms with van der Waals surface area (Å²) in [6, 6.07) is 7.98. The van der Waals surface area contributed by atoms with Gasteiger partial charge in [0.1, 0.15) is 11.8 Å². The van der Waals surface area contributed by atoms with E-state index in [9.17, 15) is 5.11 Å². The first-order chi connectivity index (χ1) is 7.68. The fraction of sp³-hybridized carbons (Fsp3) is 0.333. The van der Waals surface area contributed by atoms with E-state index < -0.39 is 6.10 Å². The monoisotopic (exact) mass is 234 g/mol. The maximum absolute atomic E-state index is 10.0. The van der Waals surface area contributed by atoms with Crippen LogP contribution in [0.4, 0.5) is 0 Å². The molecular formula is C12H14N2OS. The average molecular weight is 234 g/mol. The average Bonchev–Trinajstić information content (AvgIpc) is 2.81. The Morgan fingerprint density at radius 2 is 1.75 bits per heavy atom. The Morgan fingerprint density at radius 1 is 1.12 bits per heavy atom. The van der Waals surface area contributed by atoms with Crippen molar-refractivity contribution in [2.45, 2.75) is 25.9 Å². The Hall–Kier alpha value is -1.26. The van der Waals surface area contributed by atoms with Crippen LogP contribution in [-0.2, 0) is 0 Å². The first-order valence-electron chi connectivity index (χ1n) is 5.24. The third-order valence-corrected chi connectivity index (χ3v) is 3.07. The molecule has 0 amide bonds. The van der Waals surface area contributed by atoms with Crippen LogP contribution in [-0.4, -0.2) is 13.9 Å². The van der Waals surface area contributed by atoms with Crippen LogP contribution in [0.5, 0.6) is 0 Å². The molecule has 0 saturated carbocycles. The second-order valence-corrected chi connectivity index (χ2v) is 4.61. The quantitative estimate of drug-likeness (QED) is 0.888. The van der Waals surface area contributed by atoms with E-state index in [1.807, 2.05) is 24.3 Å². The number of aliphatic hydroxyl groups is 1. The molecular weight excluding hydrogens is 220 g/mol. The summed E-state index contributed by atoms with van der Waals surface area (Å²) in [5.41, 5.74) is 2.74. The molecule has 0 fully saturated rings. The van der Waals surface area contributed by atoms with Gasteiger partial charge in [-0.3, -0.25) is 0 Å². The molecule has 84 valence electrons. The van der Waals surface area contributed by atoms with Crippen molar-refractivity contribution in [1.82, 2.24) is 8.75 Å². The van der Waals surface area contributed by atoms with E-state index in [0.29, 0.717) is 11.6 Å². The second kappa shape index (κ2) is 4.72. The Kier molecular flexibility index (Phi) is 3.31. The zero-order valence-corrected chi connectivity index (χ0v) is 10.1. The molecule has 0 radical (unpaired) electrons. The molecule has 0 bridgehead atoms. The van der Waals surface area contributed by atoms with Gasteiger partial charge in [-0.25, -0.2) is 0 Å². The van der Waals surface area contributed by atoms with Crippen molar-refractivity contribution in [2.75, 3.05) is 0 Å². The first kappa shape index (κ1) is 11.2. The summed E-state index contributed by atoms with van der Waals surface area (Å²) in [4.78, 5) is 0. The van der Waals surface area contributed by atoms with E-state index in [0.717, 1.165) is 17.3 Å². The van der Waals surface area contributed by atoms with Gasteiger partial charge < -0.3 is 5.11 Å². The predicted octanol–water partition coefficient (Wildman–Crippen LogP) is 2.74. The Labute approximate surface area is 99.1 Å². The van der Waals surface area contributed by atoms with Crippen molar-refractivity contribution in [3.63, 3.8) is 0 Å². The third kappa shape index (κ3) is 2.28. The molecule has 1 aromatic carbocycles. The van der Waals surface area contributed by atoms with Crippen molar-refractivity contribution < 1.29 is 5.11 Å². The Bertz CT molecular complexity index is 437. The minimum Gasteiger partial charge on any atom is -0.382 e. The van der Waals surface area contributed by atoms with Gasteiger partial charge in [0.05, 0.1) is 17.9 Å². The second-order valence-electron chi connectivity index (χ2n) is 4.06. The van der Waals surface area contributed by atoms with Crippen LogP contribution in [0.1, 0.15) is 42.7 Å². The number of hydrogen-bond acceptors (Lipinski definition) is 4. The molecule has 3 nitrogen and oxygen atoms in total. The van der Waals surface area contributed by atoms with Crippen molar-refractivity contribution in [2.24, 2.45) is 0 Å². The summed E-state index contributed by atoms with van der Waals surface area (Å²) >= 11 is 1.11.